The topological polar surface area (TPSA) is 26.0 Å². The van der Waals surface area contributed by atoms with Crippen LogP contribution in [0.3, 0.4) is 0 Å². The van der Waals surface area contributed by atoms with Crippen molar-refractivity contribution >= 4 is 11.3 Å². The lowest BCUT2D eigenvalue weighted by Gasteiger charge is -2.10. The molecule has 2 aromatic rings. The van der Waals surface area contributed by atoms with Crippen LogP contribution in [0.2, 0.25) is 0 Å². The van der Waals surface area contributed by atoms with Gasteiger partial charge in [-0.25, -0.2) is 4.39 Å². The minimum absolute atomic E-state index is 0.0114. The van der Waals surface area contributed by atoms with Crippen LogP contribution < -0.4 is 5.73 Å². The Morgan fingerprint density at radius 2 is 1.94 bits per heavy atom. The predicted octanol–water partition coefficient (Wildman–Crippen LogP) is 3.52. The molecular formula is C13H14FNS. The van der Waals surface area contributed by atoms with E-state index in [1.54, 1.807) is 23.5 Å². The molecule has 0 aliphatic carbocycles. The van der Waals surface area contributed by atoms with Gasteiger partial charge in [0.2, 0.25) is 0 Å². The van der Waals surface area contributed by atoms with Crippen molar-refractivity contribution in [1.29, 1.82) is 0 Å². The third kappa shape index (κ3) is 2.90. The molecule has 1 atom stereocenters. The standard InChI is InChI=1S/C13H14FNS/c14-11-5-3-10(4-6-11)13(15)8-7-12-2-1-9-16-12/h1-6,9,13H,7-8,15H2. The van der Waals surface area contributed by atoms with E-state index in [1.165, 1.54) is 17.0 Å². The van der Waals surface area contributed by atoms with Gasteiger partial charge in [0.15, 0.2) is 0 Å². The Labute approximate surface area is 98.7 Å². The highest BCUT2D eigenvalue weighted by atomic mass is 32.1. The van der Waals surface area contributed by atoms with Crippen LogP contribution in [0.4, 0.5) is 4.39 Å². The fourth-order valence-corrected chi connectivity index (χ4v) is 2.35. The zero-order valence-electron chi connectivity index (χ0n) is 8.90. The van der Waals surface area contributed by atoms with Crippen molar-refractivity contribution in [3.05, 3.63) is 58.0 Å². The molecule has 16 heavy (non-hydrogen) atoms. The molecule has 0 aliphatic heterocycles. The summed E-state index contributed by atoms with van der Waals surface area (Å²) in [6, 6.07) is 10.6. The zero-order chi connectivity index (χ0) is 11.4. The van der Waals surface area contributed by atoms with Gasteiger partial charge in [-0.15, -0.1) is 11.3 Å². The molecule has 0 spiro atoms. The van der Waals surface area contributed by atoms with Crippen molar-refractivity contribution in [1.82, 2.24) is 0 Å². The summed E-state index contributed by atoms with van der Waals surface area (Å²) in [4.78, 5) is 1.34. The van der Waals surface area contributed by atoms with E-state index < -0.39 is 0 Å². The van der Waals surface area contributed by atoms with E-state index >= 15 is 0 Å². The summed E-state index contributed by atoms with van der Waals surface area (Å²) in [6.45, 7) is 0. The molecule has 1 aromatic carbocycles. The number of hydrogen-bond donors (Lipinski definition) is 1. The predicted molar refractivity (Wildman–Crippen MR) is 66.0 cm³/mol. The van der Waals surface area contributed by atoms with Crippen LogP contribution in [0.15, 0.2) is 41.8 Å². The molecule has 0 saturated heterocycles. The molecule has 2 N–H and O–H groups in total. The van der Waals surface area contributed by atoms with Crippen LogP contribution in [0.1, 0.15) is 22.9 Å². The van der Waals surface area contributed by atoms with Crippen molar-refractivity contribution in [2.24, 2.45) is 5.73 Å². The lowest BCUT2D eigenvalue weighted by molar-refractivity contribution is 0.620. The van der Waals surface area contributed by atoms with Crippen LogP contribution in [0, 0.1) is 5.82 Å². The van der Waals surface area contributed by atoms with Crippen LogP contribution in [-0.2, 0) is 6.42 Å². The number of halogens is 1. The van der Waals surface area contributed by atoms with Gasteiger partial charge >= 0.3 is 0 Å². The molecule has 1 unspecified atom stereocenters. The van der Waals surface area contributed by atoms with Gasteiger partial charge in [0.05, 0.1) is 0 Å². The van der Waals surface area contributed by atoms with Crippen molar-refractivity contribution in [3.8, 4) is 0 Å². The fraction of sp³-hybridized carbons (Fsp3) is 0.231. The van der Waals surface area contributed by atoms with Gasteiger partial charge in [-0.05, 0) is 42.0 Å². The number of benzene rings is 1. The molecule has 1 heterocycles. The zero-order valence-corrected chi connectivity index (χ0v) is 9.71. The molecule has 0 radical (unpaired) electrons. The fourth-order valence-electron chi connectivity index (χ4n) is 1.63. The molecule has 1 nitrogen and oxygen atoms in total. The second kappa shape index (κ2) is 5.23. The maximum absolute atomic E-state index is 12.7. The number of rotatable bonds is 4. The second-order valence-electron chi connectivity index (χ2n) is 3.78. The summed E-state index contributed by atoms with van der Waals surface area (Å²) in [5, 5.41) is 2.07. The number of thiophene rings is 1. The Bertz CT molecular complexity index is 422. The normalized spacial score (nSPS) is 12.6. The van der Waals surface area contributed by atoms with E-state index in [2.05, 4.69) is 11.4 Å². The highest BCUT2D eigenvalue weighted by molar-refractivity contribution is 7.09. The number of nitrogens with two attached hydrogens (primary N) is 1. The van der Waals surface area contributed by atoms with E-state index in [9.17, 15) is 4.39 Å². The average Bonchev–Trinajstić information content (AvgIpc) is 2.80. The summed E-state index contributed by atoms with van der Waals surface area (Å²) in [5.41, 5.74) is 7.04. The first-order valence-electron chi connectivity index (χ1n) is 5.29. The van der Waals surface area contributed by atoms with Gasteiger partial charge < -0.3 is 5.73 Å². The average molecular weight is 235 g/mol. The highest BCUT2D eigenvalue weighted by Crippen LogP contribution is 2.19. The smallest absolute Gasteiger partial charge is 0.123 e. The minimum atomic E-state index is -0.214. The molecule has 0 bridgehead atoms. The Morgan fingerprint density at radius 1 is 1.19 bits per heavy atom. The molecule has 0 saturated carbocycles. The van der Waals surface area contributed by atoms with Crippen molar-refractivity contribution < 1.29 is 4.39 Å². The van der Waals surface area contributed by atoms with Gasteiger partial charge in [0, 0.05) is 10.9 Å². The number of hydrogen-bond acceptors (Lipinski definition) is 2. The van der Waals surface area contributed by atoms with Gasteiger partial charge in [-0.3, -0.25) is 0 Å². The molecule has 0 fully saturated rings. The number of aryl methyl sites for hydroxylation is 1. The van der Waals surface area contributed by atoms with Crippen LogP contribution in [0.25, 0.3) is 0 Å². The Morgan fingerprint density at radius 3 is 2.56 bits per heavy atom. The first-order valence-corrected chi connectivity index (χ1v) is 6.17. The van der Waals surface area contributed by atoms with Gasteiger partial charge in [-0.2, -0.15) is 0 Å². The Balaban J connectivity index is 1.93. The van der Waals surface area contributed by atoms with Crippen LogP contribution in [-0.4, -0.2) is 0 Å². The van der Waals surface area contributed by atoms with Crippen LogP contribution >= 0.6 is 11.3 Å². The summed E-state index contributed by atoms with van der Waals surface area (Å²) in [6.07, 6.45) is 1.88. The summed E-state index contributed by atoms with van der Waals surface area (Å²) in [7, 11) is 0. The van der Waals surface area contributed by atoms with Gasteiger partial charge in [-0.1, -0.05) is 18.2 Å². The van der Waals surface area contributed by atoms with E-state index in [-0.39, 0.29) is 11.9 Å². The first kappa shape index (κ1) is 11.3. The minimum Gasteiger partial charge on any atom is -0.324 e. The highest BCUT2D eigenvalue weighted by Gasteiger charge is 2.06. The third-order valence-electron chi connectivity index (χ3n) is 2.58. The van der Waals surface area contributed by atoms with E-state index in [4.69, 9.17) is 5.73 Å². The molecule has 3 heteroatoms. The lowest BCUT2D eigenvalue weighted by Crippen LogP contribution is -2.10. The van der Waals surface area contributed by atoms with Crippen molar-refractivity contribution in [2.45, 2.75) is 18.9 Å². The first-order chi connectivity index (χ1) is 7.75. The Hall–Kier alpha value is -1.19. The van der Waals surface area contributed by atoms with Gasteiger partial charge in [0.1, 0.15) is 5.82 Å². The molecule has 2 rings (SSSR count). The largest absolute Gasteiger partial charge is 0.324 e. The van der Waals surface area contributed by atoms with E-state index in [0.717, 1.165) is 18.4 Å². The lowest BCUT2D eigenvalue weighted by atomic mass is 10.0. The molecule has 0 amide bonds. The maximum atomic E-state index is 12.7. The molecule has 84 valence electrons. The van der Waals surface area contributed by atoms with E-state index in [1.807, 2.05) is 6.07 Å². The SMILES string of the molecule is NC(CCc1cccs1)c1ccc(F)cc1. The van der Waals surface area contributed by atoms with Crippen molar-refractivity contribution in [2.75, 3.05) is 0 Å². The Kier molecular flexibility index (Phi) is 3.70. The summed E-state index contributed by atoms with van der Waals surface area (Å²) >= 11 is 1.75. The summed E-state index contributed by atoms with van der Waals surface area (Å²) in [5.74, 6) is -0.214. The van der Waals surface area contributed by atoms with Crippen molar-refractivity contribution in [3.63, 3.8) is 0 Å². The van der Waals surface area contributed by atoms with Crippen LogP contribution in [0.5, 0.6) is 0 Å². The summed E-state index contributed by atoms with van der Waals surface area (Å²) < 4.78 is 12.7. The monoisotopic (exact) mass is 235 g/mol. The quantitative estimate of drug-likeness (QED) is 0.862. The maximum Gasteiger partial charge on any atom is 0.123 e. The van der Waals surface area contributed by atoms with E-state index in [0.29, 0.717) is 0 Å². The molecule has 0 aliphatic rings. The molecule has 1 aromatic heterocycles. The molecular weight excluding hydrogens is 221 g/mol. The second-order valence-corrected chi connectivity index (χ2v) is 4.81. The third-order valence-corrected chi connectivity index (χ3v) is 3.52. The van der Waals surface area contributed by atoms with Gasteiger partial charge in [0.25, 0.3) is 0 Å².